The molecule has 2 aromatic carbocycles. The monoisotopic (exact) mass is 510 g/mol. The molecule has 3 heterocycles. The first-order valence-corrected chi connectivity index (χ1v) is 11.7. The number of aromatic nitrogens is 3. The van der Waals surface area contributed by atoms with Gasteiger partial charge >= 0.3 is 12.2 Å². The maximum atomic E-state index is 12.9. The van der Waals surface area contributed by atoms with Gasteiger partial charge in [-0.2, -0.15) is 18.3 Å². The fraction of sp³-hybridized carbons (Fsp3) is 0.269. The number of pyridine rings is 1. The number of ether oxygens (including phenoxy) is 1. The summed E-state index contributed by atoms with van der Waals surface area (Å²) in [4.78, 5) is 19.4. The van der Waals surface area contributed by atoms with Gasteiger partial charge in [0.2, 0.25) is 0 Å². The molecule has 0 aliphatic carbocycles. The summed E-state index contributed by atoms with van der Waals surface area (Å²) in [6.07, 6.45) is -4.49. The van der Waals surface area contributed by atoms with Crippen molar-refractivity contribution in [1.82, 2.24) is 19.7 Å². The summed E-state index contributed by atoms with van der Waals surface area (Å²) >= 11 is 0. The second-order valence-electron chi connectivity index (χ2n) is 8.77. The van der Waals surface area contributed by atoms with Crippen LogP contribution in [0.1, 0.15) is 11.3 Å². The van der Waals surface area contributed by atoms with Crippen LogP contribution in [0.5, 0.6) is 0 Å². The van der Waals surface area contributed by atoms with Gasteiger partial charge in [0, 0.05) is 49.0 Å². The minimum absolute atomic E-state index is 0.0457. The van der Waals surface area contributed by atoms with E-state index in [-0.39, 0.29) is 5.69 Å². The Balaban J connectivity index is 1.27. The zero-order valence-electron chi connectivity index (χ0n) is 20.0. The molecule has 0 radical (unpaired) electrons. The van der Waals surface area contributed by atoms with Crippen molar-refractivity contribution in [2.24, 2.45) is 7.05 Å². The number of fused-ring (bicyclic) bond motifs is 1. The molecule has 8 nitrogen and oxygen atoms in total. The van der Waals surface area contributed by atoms with Crippen LogP contribution in [0.4, 0.5) is 29.3 Å². The van der Waals surface area contributed by atoms with Crippen LogP contribution in [0.3, 0.4) is 0 Å². The van der Waals surface area contributed by atoms with Gasteiger partial charge in [0.05, 0.1) is 24.5 Å². The lowest BCUT2D eigenvalue weighted by atomic mass is 10.1. The summed E-state index contributed by atoms with van der Waals surface area (Å²) in [6, 6.07) is 14.9. The minimum Gasteiger partial charge on any atom is -0.379 e. The number of aryl methyl sites for hydroxylation is 1. The van der Waals surface area contributed by atoms with E-state index in [0.717, 1.165) is 73.0 Å². The first-order valence-electron chi connectivity index (χ1n) is 11.7. The number of anilines is 2. The fourth-order valence-electron chi connectivity index (χ4n) is 4.24. The van der Waals surface area contributed by atoms with Gasteiger partial charge in [-0.25, -0.2) is 14.5 Å². The van der Waals surface area contributed by atoms with Crippen molar-refractivity contribution in [2.75, 3.05) is 36.9 Å². The van der Waals surface area contributed by atoms with E-state index in [9.17, 15) is 18.0 Å². The number of hydrogen-bond acceptors (Lipinski definition) is 5. The second kappa shape index (κ2) is 10.2. The summed E-state index contributed by atoms with van der Waals surface area (Å²) in [5.41, 5.74) is 3.06. The number of urea groups is 1. The molecule has 1 fully saturated rings. The van der Waals surface area contributed by atoms with Crippen molar-refractivity contribution in [3.8, 4) is 11.3 Å². The summed E-state index contributed by atoms with van der Waals surface area (Å²) in [5, 5.41) is 10.6. The molecule has 1 aliphatic rings. The highest BCUT2D eigenvalue weighted by atomic mass is 19.4. The predicted octanol–water partition coefficient (Wildman–Crippen LogP) is 5.13. The molecule has 0 saturated carbocycles. The quantitative estimate of drug-likeness (QED) is 0.389. The van der Waals surface area contributed by atoms with E-state index in [4.69, 9.17) is 9.72 Å². The molecule has 192 valence electrons. The number of rotatable bonds is 5. The molecule has 0 atom stereocenters. The summed E-state index contributed by atoms with van der Waals surface area (Å²) < 4.78 is 45.9. The SMILES string of the molecule is Cn1nc(-c2ccc(NC(=O)Nc3cccc(C(F)(F)F)c3)cc2)c2ccc(CN3CCOCC3)nc21. The lowest BCUT2D eigenvalue weighted by Gasteiger charge is -2.26. The molecule has 4 aromatic rings. The Morgan fingerprint density at radius 3 is 2.46 bits per heavy atom. The zero-order chi connectivity index (χ0) is 26.0. The number of amides is 2. The molecule has 0 bridgehead atoms. The molecule has 1 saturated heterocycles. The molecule has 37 heavy (non-hydrogen) atoms. The Morgan fingerprint density at radius 2 is 1.73 bits per heavy atom. The second-order valence-corrected chi connectivity index (χ2v) is 8.77. The van der Waals surface area contributed by atoms with Crippen molar-refractivity contribution < 1.29 is 22.7 Å². The Hall–Kier alpha value is -3.96. The van der Waals surface area contributed by atoms with Gasteiger partial charge in [-0.15, -0.1) is 0 Å². The highest BCUT2D eigenvalue weighted by molar-refractivity contribution is 6.00. The summed E-state index contributed by atoms with van der Waals surface area (Å²) in [7, 11) is 1.85. The van der Waals surface area contributed by atoms with Gasteiger partial charge < -0.3 is 15.4 Å². The van der Waals surface area contributed by atoms with Crippen LogP contribution in [0.15, 0.2) is 60.7 Å². The molecular formula is C26H25F3N6O2. The van der Waals surface area contributed by atoms with Gasteiger partial charge in [0.1, 0.15) is 5.69 Å². The number of nitrogens with zero attached hydrogens (tertiary/aromatic N) is 4. The highest BCUT2D eigenvalue weighted by Gasteiger charge is 2.30. The van der Waals surface area contributed by atoms with E-state index in [1.54, 1.807) is 16.8 Å². The number of alkyl halides is 3. The average Bonchev–Trinajstić information content (AvgIpc) is 3.20. The third kappa shape index (κ3) is 5.73. The van der Waals surface area contributed by atoms with Gasteiger partial charge in [0.25, 0.3) is 0 Å². The molecular weight excluding hydrogens is 485 g/mol. The zero-order valence-corrected chi connectivity index (χ0v) is 20.0. The van der Waals surface area contributed by atoms with E-state index in [1.165, 1.54) is 12.1 Å². The van der Waals surface area contributed by atoms with Crippen LogP contribution >= 0.6 is 0 Å². The first-order chi connectivity index (χ1) is 17.8. The Labute approximate surface area is 211 Å². The highest BCUT2D eigenvalue weighted by Crippen LogP contribution is 2.31. The van der Waals surface area contributed by atoms with Crippen LogP contribution in [0, 0.1) is 0 Å². The number of hydrogen-bond donors (Lipinski definition) is 2. The Kier molecular flexibility index (Phi) is 6.81. The van der Waals surface area contributed by atoms with Crippen LogP contribution in [-0.2, 0) is 24.5 Å². The molecule has 2 aromatic heterocycles. The van der Waals surface area contributed by atoms with Gasteiger partial charge in [-0.05, 0) is 42.5 Å². The van der Waals surface area contributed by atoms with Crippen molar-refractivity contribution >= 4 is 28.4 Å². The van der Waals surface area contributed by atoms with Crippen molar-refractivity contribution in [1.29, 1.82) is 0 Å². The Morgan fingerprint density at radius 1 is 1.00 bits per heavy atom. The number of carbonyl (C=O) groups is 1. The van der Waals surface area contributed by atoms with Gasteiger partial charge in [-0.3, -0.25) is 4.90 Å². The molecule has 2 N–H and O–H groups in total. The van der Waals surface area contributed by atoms with E-state index in [1.807, 2.05) is 31.3 Å². The number of morpholine rings is 1. The van der Waals surface area contributed by atoms with Crippen molar-refractivity contribution in [2.45, 2.75) is 12.7 Å². The number of halogens is 3. The van der Waals surface area contributed by atoms with Crippen LogP contribution in [-0.4, -0.2) is 52.0 Å². The van der Waals surface area contributed by atoms with Gasteiger partial charge in [-0.1, -0.05) is 18.2 Å². The standard InChI is InChI=1S/C26H25F3N6O2/c1-34-24-22(10-9-21(30-24)16-35-11-13-37-14-12-35)23(33-34)17-5-7-19(8-6-17)31-25(36)32-20-4-2-3-18(15-20)26(27,28)29/h2-10,15H,11-14,16H2,1H3,(H2,31,32,36). The summed E-state index contributed by atoms with van der Waals surface area (Å²) in [6.45, 7) is 3.98. The fourth-order valence-corrected chi connectivity index (χ4v) is 4.24. The molecule has 0 spiro atoms. The van der Waals surface area contributed by atoms with Crippen LogP contribution < -0.4 is 10.6 Å². The Bertz CT molecular complexity index is 1410. The third-order valence-corrected chi connectivity index (χ3v) is 6.10. The van der Waals surface area contributed by atoms with Crippen LogP contribution in [0.25, 0.3) is 22.3 Å². The maximum Gasteiger partial charge on any atom is 0.416 e. The number of nitrogens with one attached hydrogen (secondary N) is 2. The predicted molar refractivity (Wildman–Crippen MR) is 134 cm³/mol. The first kappa shape index (κ1) is 24.7. The number of carbonyl (C=O) groups excluding carboxylic acids is 1. The van der Waals surface area contributed by atoms with E-state index in [2.05, 4.69) is 20.6 Å². The lowest BCUT2D eigenvalue weighted by Crippen LogP contribution is -2.35. The molecule has 0 unspecified atom stereocenters. The van der Waals surface area contributed by atoms with E-state index < -0.39 is 17.8 Å². The van der Waals surface area contributed by atoms with Crippen LogP contribution in [0.2, 0.25) is 0 Å². The smallest absolute Gasteiger partial charge is 0.379 e. The molecule has 2 amide bonds. The normalized spacial score (nSPS) is 14.6. The summed E-state index contributed by atoms with van der Waals surface area (Å²) in [5.74, 6) is 0. The minimum atomic E-state index is -4.49. The largest absolute Gasteiger partial charge is 0.416 e. The average molecular weight is 511 g/mol. The topological polar surface area (TPSA) is 84.3 Å². The lowest BCUT2D eigenvalue weighted by molar-refractivity contribution is -0.137. The van der Waals surface area contributed by atoms with Crippen molar-refractivity contribution in [3.05, 3.63) is 71.9 Å². The molecule has 11 heteroatoms. The van der Waals surface area contributed by atoms with E-state index >= 15 is 0 Å². The number of benzene rings is 2. The third-order valence-electron chi connectivity index (χ3n) is 6.10. The van der Waals surface area contributed by atoms with E-state index in [0.29, 0.717) is 5.69 Å². The molecule has 5 rings (SSSR count). The van der Waals surface area contributed by atoms with Gasteiger partial charge in [0.15, 0.2) is 5.65 Å². The van der Waals surface area contributed by atoms with Crippen molar-refractivity contribution in [3.63, 3.8) is 0 Å². The maximum absolute atomic E-state index is 12.9. The molecule has 1 aliphatic heterocycles.